The summed E-state index contributed by atoms with van der Waals surface area (Å²) in [6.07, 6.45) is 1.73. The van der Waals surface area contributed by atoms with Gasteiger partial charge in [0.15, 0.2) is 0 Å². The van der Waals surface area contributed by atoms with Gasteiger partial charge in [0.2, 0.25) is 0 Å². The van der Waals surface area contributed by atoms with Crippen LogP contribution in [0.15, 0.2) is 41.0 Å². The van der Waals surface area contributed by atoms with Crippen molar-refractivity contribution in [1.29, 1.82) is 0 Å². The molecule has 1 heterocycles. The van der Waals surface area contributed by atoms with Gasteiger partial charge in [0.05, 0.1) is 6.61 Å². The summed E-state index contributed by atoms with van der Waals surface area (Å²) in [4.78, 5) is 14.8. The number of carbonyl (C=O) groups excluding carboxylic acids is 1. The Morgan fingerprint density at radius 2 is 2.10 bits per heavy atom. The van der Waals surface area contributed by atoms with Crippen LogP contribution in [0.2, 0.25) is 0 Å². The van der Waals surface area contributed by atoms with Crippen molar-refractivity contribution in [2.24, 2.45) is 0 Å². The minimum atomic E-state index is -0.122. The van der Waals surface area contributed by atoms with Crippen molar-refractivity contribution in [3.8, 4) is 0 Å². The van der Waals surface area contributed by atoms with Gasteiger partial charge < -0.3 is 20.4 Å². The molecule has 0 aliphatic carbocycles. The molecule has 3 N–H and O–H groups in total. The summed E-state index contributed by atoms with van der Waals surface area (Å²) in [6, 6.07) is 9.70. The molecule has 0 bridgehead atoms. The molecule has 0 aliphatic heterocycles. The average Bonchev–Trinajstić information content (AvgIpc) is 2.93. The van der Waals surface area contributed by atoms with Crippen molar-refractivity contribution >= 4 is 27.5 Å². The van der Waals surface area contributed by atoms with Gasteiger partial charge in [0, 0.05) is 36.6 Å². The smallest absolute Gasteiger partial charge is 0.267 e. The molecule has 0 radical (unpaired) electrons. The number of rotatable bonds is 7. The Morgan fingerprint density at radius 3 is 2.71 bits per heavy atom. The van der Waals surface area contributed by atoms with Gasteiger partial charge in [-0.05, 0) is 39.7 Å². The average molecular weight is 352 g/mol. The first-order valence-electron chi connectivity index (χ1n) is 6.63. The van der Waals surface area contributed by atoms with Gasteiger partial charge in [-0.1, -0.05) is 12.1 Å². The van der Waals surface area contributed by atoms with E-state index in [0.29, 0.717) is 18.8 Å². The van der Waals surface area contributed by atoms with Gasteiger partial charge in [-0.3, -0.25) is 4.79 Å². The quantitative estimate of drug-likeness (QED) is 0.672. The maximum Gasteiger partial charge on any atom is 0.267 e. The highest BCUT2D eigenvalue weighted by Gasteiger charge is 2.07. The van der Waals surface area contributed by atoms with Crippen molar-refractivity contribution in [2.45, 2.75) is 6.54 Å². The number of H-pyrrole nitrogens is 1. The molecule has 0 saturated carbocycles. The third-order valence-electron chi connectivity index (χ3n) is 2.93. The predicted octanol–water partition coefficient (Wildman–Crippen LogP) is 2.77. The summed E-state index contributed by atoms with van der Waals surface area (Å²) in [5.74, 6) is -0.122. The number of benzene rings is 1. The van der Waals surface area contributed by atoms with Gasteiger partial charge >= 0.3 is 0 Å². The van der Waals surface area contributed by atoms with E-state index in [-0.39, 0.29) is 5.91 Å². The largest absolute Gasteiger partial charge is 0.383 e. The Labute approximate surface area is 132 Å². The van der Waals surface area contributed by atoms with Gasteiger partial charge in [-0.2, -0.15) is 0 Å². The third kappa shape index (κ3) is 4.91. The molecule has 2 rings (SSSR count). The Morgan fingerprint density at radius 1 is 1.33 bits per heavy atom. The first kappa shape index (κ1) is 15.6. The van der Waals surface area contributed by atoms with Crippen LogP contribution in [0.1, 0.15) is 16.1 Å². The molecule has 0 aliphatic rings. The van der Waals surface area contributed by atoms with E-state index in [1.54, 1.807) is 19.4 Å². The van der Waals surface area contributed by atoms with Crippen LogP contribution in [0.4, 0.5) is 5.69 Å². The monoisotopic (exact) mass is 351 g/mol. The molecule has 1 amide bonds. The number of methoxy groups -OCH3 is 1. The van der Waals surface area contributed by atoms with E-state index in [0.717, 1.165) is 22.3 Å². The van der Waals surface area contributed by atoms with Crippen LogP contribution in [0.3, 0.4) is 0 Å². The van der Waals surface area contributed by atoms with Gasteiger partial charge in [-0.25, -0.2) is 0 Å². The van der Waals surface area contributed by atoms with Crippen molar-refractivity contribution in [3.05, 3.63) is 52.3 Å². The van der Waals surface area contributed by atoms with Crippen LogP contribution in [-0.2, 0) is 11.3 Å². The van der Waals surface area contributed by atoms with E-state index in [9.17, 15) is 4.79 Å². The molecule has 21 heavy (non-hydrogen) atoms. The van der Waals surface area contributed by atoms with E-state index >= 15 is 0 Å². The number of halogens is 1. The Bertz CT molecular complexity index is 581. The fourth-order valence-corrected chi connectivity index (χ4v) is 2.16. The maximum absolute atomic E-state index is 11.9. The zero-order valence-electron chi connectivity index (χ0n) is 11.8. The molecular formula is C15H18BrN3O2. The van der Waals surface area contributed by atoms with E-state index in [4.69, 9.17) is 4.74 Å². The number of amides is 1. The zero-order chi connectivity index (χ0) is 15.1. The lowest BCUT2D eigenvalue weighted by Crippen LogP contribution is -2.23. The van der Waals surface area contributed by atoms with Gasteiger partial charge in [-0.15, -0.1) is 0 Å². The number of aromatic nitrogens is 1. The van der Waals surface area contributed by atoms with Crippen LogP contribution >= 0.6 is 15.9 Å². The lowest BCUT2D eigenvalue weighted by molar-refractivity contribution is 0.0946. The highest BCUT2D eigenvalue weighted by Crippen LogP contribution is 2.11. The SMILES string of the molecule is COCCNc1ccc(CNC(=O)c2cc(Br)c[nH]2)cc1. The third-order valence-corrected chi connectivity index (χ3v) is 3.39. The molecular weight excluding hydrogens is 334 g/mol. The predicted molar refractivity (Wildman–Crippen MR) is 86.5 cm³/mol. The highest BCUT2D eigenvalue weighted by atomic mass is 79.9. The Kier molecular flexibility index (Phi) is 5.83. The van der Waals surface area contributed by atoms with Crippen LogP contribution in [-0.4, -0.2) is 31.2 Å². The summed E-state index contributed by atoms with van der Waals surface area (Å²) in [5, 5.41) is 6.11. The second-order valence-corrected chi connectivity index (χ2v) is 5.45. The molecule has 0 spiro atoms. The lowest BCUT2D eigenvalue weighted by atomic mass is 10.2. The number of carbonyl (C=O) groups is 1. The van der Waals surface area contributed by atoms with Crippen molar-refractivity contribution in [3.63, 3.8) is 0 Å². The molecule has 0 unspecified atom stereocenters. The Hall–Kier alpha value is -1.79. The summed E-state index contributed by atoms with van der Waals surface area (Å²) >= 11 is 3.30. The maximum atomic E-state index is 11.9. The molecule has 0 atom stereocenters. The van der Waals surface area contributed by atoms with E-state index in [1.165, 1.54) is 0 Å². The molecule has 6 heteroatoms. The second kappa shape index (κ2) is 7.85. The van der Waals surface area contributed by atoms with Crippen molar-refractivity contribution < 1.29 is 9.53 Å². The molecule has 112 valence electrons. The first-order valence-corrected chi connectivity index (χ1v) is 7.42. The molecule has 0 saturated heterocycles. The summed E-state index contributed by atoms with van der Waals surface area (Å²) in [5.41, 5.74) is 2.63. The molecule has 2 aromatic rings. The normalized spacial score (nSPS) is 10.4. The van der Waals surface area contributed by atoms with Gasteiger partial charge in [0.1, 0.15) is 5.69 Å². The number of hydrogen-bond acceptors (Lipinski definition) is 3. The standard InChI is InChI=1S/C15H18BrN3O2/c1-21-7-6-17-13-4-2-11(3-5-13)9-19-15(20)14-8-12(16)10-18-14/h2-5,8,10,17-18H,6-7,9H2,1H3,(H,19,20). The minimum Gasteiger partial charge on any atom is -0.383 e. The second-order valence-electron chi connectivity index (χ2n) is 4.53. The zero-order valence-corrected chi connectivity index (χ0v) is 13.4. The van der Waals surface area contributed by atoms with Crippen LogP contribution in [0.5, 0.6) is 0 Å². The molecule has 1 aromatic carbocycles. The number of nitrogens with one attached hydrogen (secondary N) is 3. The fraction of sp³-hybridized carbons (Fsp3) is 0.267. The first-order chi connectivity index (χ1) is 10.2. The molecule has 1 aromatic heterocycles. The van der Waals surface area contributed by atoms with Crippen molar-refractivity contribution in [1.82, 2.24) is 10.3 Å². The Balaban J connectivity index is 1.82. The summed E-state index contributed by atoms with van der Waals surface area (Å²) < 4.78 is 5.84. The summed E-state index contributed by atoms with van der Waals surface area (Å²) in [6.45, 7) is 1.94. The summed E-state index contributed by atoms with van der Waals surface area (Å²) in [7, 11) is 1.68. The van der Waals surface area contributed by atoms with Crippen LogP contribution < -0.4 is 10.6 Å². The van der Waals surface area contributed by atoms with E-state index in [1.807, 2.05) is 24.3 Å². The van der Waals surface area contributed by atoms with Crippen molar-refractivity contribution in [2.75, 3.05) is 25.6 Å². The lowest BCUT2D eigenvalue weighted by Gasteiger charge is -2.08. The topological polar surface area (TPSA) is 66.2 Å². The fourth-order valence-electron chi connectivity index (χ4n) is 1.81. The molecule has 5 nitrogen and oxygen atoms in total. The minimum absolute atomic E-state index is 0.122. The van der Waals surface area contributed by atoms with Crippen LogP contribution in [0, 0.1) is 0 Å². The van der Waals surface area contributed by atoms with E-state index < -0.39 is 0 Å². The number of hydrogen-bond donors (Lipinski definition) is 3. The number of aromatic amines is 1. The van der Waals surface area contributed by atoms with E-state index in [2.05, 4.69) is 31.5 Å². The molecule has 0 fully saturated rings. The number of anilines is 1. The van der Waals surface area contributed by atoms with Gasteiger partial charge in [0.25, 0.3) is 5.91 Å². The van der Waals surface area contributed by atoms with Crippen LogP contribution in [0.25, 0.3) is 0 Å². The highest BCUT2D eigenvalue weighted by molar-refractivity contribution is 9.10. The number of ether oxygens (including phenoxy) is 1.